The largest absolute Gasteiger partial charge is 0.297 e. The van der Waals surface area contributed by atoms with Gasteiger partial charge in [-0.3, -0.25) is 10.2 Å². The van der Waals surface area contributed by atoms with Gasteiger partial charge in [0, 0.05) is 18.6 Å². The fourth-order valence-electron chi connectivity index (χ4n) is 2.45. The van der Waals surface area contributed by atoms with Crippen LogP contribution in [0.15, 0.2) is 0 Å². The summed E-state index contributed by atoms with van der Waals surface area (Å²) < 4.78 is 0. The number of hydrogen-bond acceptors (Lipinski definition) is 3. The molecule has 0 aromatic rings. The van der Waals surface area contributed by atoms with E-state index in [1.165, 1.54) is 32.1 Å². The Morgan fingerprint density at radius 3 is 2.44 bits per heavy atom. The summed E-state index contributed by atoms with van der Waals surface area (Å²) in [6.07, 6.45) is 6.37. The second-order valence-electron chi connectivity index (χ2n) is 6.75. The Bertz CT molecular complexity index is 312. The molecule has 0 radical (unpaired) electrons. The average molecular weight is 249 g/mol. The third-order valence-electron chi connectivity index (χ3n) is 3.92. The van der Waals surface area contributed by atoms with Gasteiger partial charge in [0.15, 0.2) is 0 Å². The molecular formula is C15H27N3. The molecule has 1 unspecified atom stereocenters. The first kappa shape index (κ1) is 13.8. The minimum absolute atomic E-state index is 0.360. The molecule has 0 heterocycles. The van der Waals surface area contributed by atoms with Crippen molar-refractivity contribution < 1.29 is 0 Å². The Labute approximate surface area is 112 Å². The first-order valence-corrected chi connectivity index (χ1v) is 7.45. The highest BCUT2D eigenvalue weighted by atomic mass is 15.2. The van der Waals surface area contributed by atoms with Crippen LogP contribution in [0, 0.1) is 17.2 Å². The summed E-state index contributed by atoms with van der Waals surface area (Å²) >= 11 is 0. The SMILES string of the molecule is CC(C)CCN(CC(C)(C#N)NC1CC1)C1CC1. The summed E-state index contributed by atoms with van der Waals surface area (Å²) in [6.45, 7) is 8.65. The maximum atomic E-state index is 9.45. The third-order valence-corrected chi connectivity index (χ3v) is 3.92. The van der Waals surface area contributed by atoms with E-state index in [0.29, 0.717) is 6.04 Å². The molecule has 3 nitrogen and oxygen atoms in total. The molecule has 2 aliphatic rings. The molecule has 102 valence electrons. The standard InChI is InChI=1S/C15H27N3/c1-12(2)8-9-18(14-6-7-14)11-15(3,10-16)17-13-4-5-13/h12-14,17H,4-9,11H2,1-3H3. The summed E-state index contributed by atoms with van der Waals surface area (Å²) in [4.78, 5) is 2.54. The van der Waals surface area contributed by atoms with Crippen LogP contribution in [0.2, 0.25) is 0 Å². The zero-order valence-corrected chi connectivity index (χ0v) is 12.1. The molecule has 1 N–H and O–H groups in total. The fraction of sp³-hybridized carbons (Fsp3) is 0.933. The normalized spacial score (nSPS) is 23.1. The third kappa shape index (κ3) is 4.26. The number of nitriles is 1. The molecular weight excluding hydrogens is 222 g/mol. The second-order valence-corrected chi connectivity index (χ2v) is 6.75. The van der Waals surface area contributed by atoms with Crippen LogP contribution in [0.4, 0.5) is 0 Å². The summed E-state index contributed by atoms with van der Waals surface area (Å²) in [6, 6.07) is 3.84. The van der Waals surface area contributed by atoms with Gasteiger partial charge in [-0.2, -0.15) is 5.26 Å². The van der Waals surface area contributed by atoms with Crippen LogP contribution in [-0.4, -0.2) is 35.6 Å². The molecule has 3 heteroatoms. The van der Waals surface area contributed by atoms with Crippen LogP contribution >= 0.6 is 0 Å². The molecule has 0 aromatic carbocycles. The highest BCUT2D eigenvalue weighted by Crippen LogP contribution is 2.30. The van der Waals surface area contributed by atoms with Gasteiger partial charge in [-0.1, -0.05) is 13.8 Å². The van der Waals surface area contributed by atoms with Crippen molar-refractivity contribution >= 4 is 0 Å². The molecule has 0 amide bonds. The molecule has 0 aliphatic heterocycles. The van der Waals surface area contributed by atoms with Gasteiger partial charge < -0.3 is 0 Å². The van der Waals surface area contributed by atoms with Crippen molar-refractivity contribution in [2.24, 2.45) is 5.92 Å². The quantitative estimate of drug-likeness (QED) is 0.718. The molecule has 0 saturated heterocycles. The summed E-state index contributed by atoms with van der Waals surface area (Å²) in [5.74, 6) is 0.746. The van der Waals surface area contributed by atoms with Crippen LogP contribution in [-0.2, 0) is 0 Å². The van der Waals surface area contributed by atoms with Crippen molar-refractivity contribution in [2.45, 2.75) is 70.5 Å². The zero-order chi connectivity index (χ0) is 13.2. The maximum Gasteiger partial charge on any atom is 0.116 e. The lowest BCUT2D eigenvalue weighted by Crippen LogP contribution is -2.52. The van der Waals surface area contributed by atoms with Gasteiger partial charge in [0.05, 0.1) is 6.07 Å². The Balaban J connectivity index is 1.87. The van der Waals surface area contributed by atoms with Gasteiger partial charge >= 0.3 is 0 Å². The van der Waals surface area contributed by atoms with Crippen LogP contribution in [0.1, 0.15) is 52.9 Å². The Kier molecular flexibility index (Phi) is 4.29. The predicted octanol–water partition coefficient (Wildman–Crippen LogP) is 2.53. The molecule has 2 rings (SSSR count). The van der Waals surface area contributed by atoms with Crippen LogP contribution in [0.25, 0.3) is 0 Å². The van der Waals surface area contributed by atoms with Crippen molar-refractivity contribution in [3.63, 3.8) is 0 Å². The molecule has 0 aromatic heterocycles. The zero-order valence-electron chi connectivity index (χ0n) is 12.1. The van der Waals surface area contributed by atoms with Crippen LogP contribution in [0.3, 0.4) is 0 Å². The van der Waals surface area contributed by atoms with E-state index in [1.807, 2.05) is 0 Å². The minimum atomic E-state index is -0.360. The van der Waals surface area contributed by atoms with E-state index >= 15 is 0 Å². The molecule has 18 heavy (non-hydrogen) atoms. The van der Waals surface area contributed by atoms with E-state index in [2.05, 4.69) is 37.1 Å². The second kappa shape index (κ2) is 5.59. The smallest absolute Gasteiger partial charge is 0.116 e. The van der Waals surface area contributed by atoms with Crippen LogP contribution in [0.5, 0.6) is 0 Å². The first-order valence-electron chi connectivity index (χ1n) is 7.45. The van der Waals surface area contributed by atoms with Gasteiger partial charge in [0.25, 0.3) is 0 Å². The Morgan fingerprint density at radius 1 is 1.33 bits per heavy atom. The van der Waals surface area contributed by atoms with E-state index in [0.717, 1.165) is 25.0 Å². The van der Waals surface area contributed by atoms with Gasteiger partial charge in [-0.05, 0) is 51.5 Å². The maximum absolute atomic E-state index is 9.45. The number of rotatable bonds is 8. The number of nitrogens with zero attached hydrogens (tertiary/aromatic N) is 2. The highest BCUT2D eigenvalue weighted by molar-refractivity contribution is 5.10. The summed E-state index contributed by atoms with van der Waals surface area (Å²) in [7, 11) is 0. The van der Waals surface area contributed by atoms with Crippen molar-refractivity contribution in [2.75, 3.05) is 13.1 Å². The lowest BCUT2D eigenvalue weighted by atomic mass is 10.0. The van der Waals surface area contributed by atoms with Crippen molar-refractivity contribution in [1.82, 2.24) is 10.2 Å². The van der Waals surface area contributed by atoms with E-state index in [4.69, 9.17) is 0 Å². The highest BCUT2D eigenvalue weighted by Gasteiger charge is 2.38. The van der Waals surface area contributed by atoms with E-state index < -0.39 is 0 Å². The van der Waals surface area contributed by atoms with E-state index in [-0.39, 0.29) is 5.54 Å². The molecule has 0 bridgehead atoms. The van der Waals surface area contributed by atoms with Gasteiger partial charge in [-0.15, -0.1) is 0 Å². The monoisotopic (exact) mass is 249 g/mol. The molecule has 0 spiro atoms. The van der Waals surface area contributed by atoms with Gasteiger partial charge in [0.1, 0.15) is 5.54 Å². The lowest BCUT2D eigenvalue weighted by molar-refractivity contribution is 0.200. The lowest BCUT2D eigenvalue weighted by Gasteiger charge is -2.32. The van der Waals surface area contributed by atoms with Gasteiger partial charge in [0.2, 0.25) is 0 Å². The molecule has 2 saturated carbocycles. The molecule has 2 aliphatic carbocycles. The Morgan fingerprint density at radius 2 is 2.00 bits per heavy atom. The molecule has 1 atom stereocenters. The van der Waals surface area contributed by atoms with Gasteiger partial charge in [-0.25, -0.2) is 0 Å². The molecule has 2 fully saturated rings. The fourth-order valence-corrected chi connectivity index (χ4v) is 2.45. The number of nitrogens with one attached hydrogen (secondary N) is 1. The van der Waals surface area contributed by atoms with Crippen molar-refractivity contribution in [3.8, 4) is 6.07 Å². The number of hydrogen-bond donors (Lipinski definition) is 1. The van der Waals surface area contributed by atoms with E-state index in [9.17, 15) is 5.26 Å². The topological polar surface area (TPSA) is 39.1 Å². The summed E-state index contributed by atoms with van der Waals surface area (Å²) in [5.41, 5.74) is -0.360. The average Bonchev–Trinajstić information content (AvgIpc) is 3.16. The summed E-state index contributed by atoms with van der Waals surface area (Å²) in [5, 5.41) is 13.0. The first-order chi connectivity index (χ1) is 8.52. The predicted molar refractivity (Wildman–Crippen MR) is 74.2 cm³/mol. The van der Waals surface area contributed by atoms with Crippen LogP contribution < -0.4 is 5.32 Å². The van der Waals surface area contributed by atoms with E-state index in [1.54, 1.807) is 0 Å². The Hall–Kier alpha value is -0.590. The van der Waals surface area contributed by atoms with Crippen molar-refractivity contribution in [1.29, 1.82) is 5.26 Å². The minimum Gasteiger partial charge on any atom is -0.297 e. The van der Waals surface area contributed by atoms with Crippen molar-refractivity contribution in [3.05, 3.63) is 0 Å².